The average molecular weight is 348 g/mol. The maximum Gasteiger partial charge on any atom is 0.322 e. The summed E-state index contributed by atoms with van der Waals surface area (Å²) in [5, 5.41) is 6.90. The van der Waals surface area contributed by atoms with Gasteiger partial charge in [-0.1, -0.05) is 0 Å². The summed E-state index contributed by atoms with van der Waals surface area (Å²) in [5.41, 5.74) is 1.67. The molecule has 2 amide bonds. The minimum absolute atomic E-state index is 0.0343. The van der Waals surface area contributed by atoms with E-state index in [1.54, 1.807) is 29.4 Å². The maximum absolute atomic E-state index is 14.3. The van der Waals surface area contributed by atoms with Crippen molar-refractivity contribution in [2.45, 2.75) is 24.6 Å². The van der Waals surface area contributed by atoms with Gasteiger partial charge in [0.2, 0.25) is 0 Å². The van der Waals surface area contributed by atoms with Gasteiger partial charge in [-0.2, -0.15) is 5.10 Å². The second-order valence-electron chi connectivity index (χ2n) is 6.27. The molecule has 2 bridgehead atoms. The molecule has 0 spiro atoms. The number of aryl methyl sites for hydroxylation is 1. The number of amides is 2. The van der Waals surface area contributed by atoms with Crippen LogP contribution >= 0.6 is 0 Å². The molecule has 2 saturated heterocycles. The Balaban J connectivity index is 1.48. The lowest BCUT2D eigenvalue weighted by molar-refractivity contribution is 0.210. The smallest absolute Gasteiger partial charge is 0.319 e. The van der Waals surface area contributed by atoms with Gasteiger partial charge in [-0.25, -0.2) is 13.9 Å². The van der Waals surface area contributed by atoms with Gasteiger partial charge in [0.25, 0.3) is 0 Å². The molecule has 2 aromatic rings. The van der Waals surface area contributed by atoms with Crippen molar-refractivity contribution >= 4 is 22.5 Å². The second kappa shape index (κ2) is 5.70. The zero-order valence-corrected chi connectivity index (χ0v) is 13.9. The van der Waals surface area contributed by atoms with E-state index in [1.165, 1.54) is 10.7 Å². The van der Waals surface area contributed by atoms with Crippen LogP contribution in [-0.4, -0.2) is 48.5 Å². The number of nitrogens with one attached hydrogen (secondary N) is 1. The van der Waals surface area contributed by atoms with E-state index < -0.39 is 16.6 Å². The lowest BCUT2D eigenvalue weighted by Gasteiger charge is -2.26. The number of rotatable bonds is 2. The number of carbonyl (C=O) groups is 1. The summed E-state index contributed by atoms with van der Waals surface area (Å²) in [6, 6.07) is 4.30. The number of halogens is 1. The third-order valence-corrected chi connectivity index (χ3v) is 6.32. The van der Waals surface area contributed by atoms with E-state index in [9.17, 15) is 13.4 Å². The van der Waals surface area contributed by atoms with Crippen LogP contribution in [0, 0.1) is 12.7 Å². The highest BCUT2D eigenvalue weighted by Gasteiger charge is 2.45. The number of likely N-dealkylation sites (tertiary alicyclic amines) is 1. The highest BCUT2D eigenvalue weighted by Crippen LogP contribution is 2.31. The van der Waals surface area contributed by atoms with E-state index in [0.29, 0.717) is 23.7 Å². The van der Waals surface area contributed by atoms with E-state index in [-0.39, 0.29) is 17.3 Å². The number of hydrogen-bond acceptors (Lipinski definition) is 3. The molecule has 2 fully saturated rings. The predicted molar refractivity (Wildman–Crippen MR) is 89.2 cm³/mol. The first-order valence-electron chi connectivity index (χ1n) is 7.77. The monoisotopic (exact) mass is 348 g/mol. The number of benzene rings is 1. The van der Waals surface area contributed by atoms with Crippen LogP contribution < -0.4 is 5.32 Å². The molecular formula is C16H17FN4O2S. The van der Waals surface area contributed by atoms with Crippen LogP contribution in [0.5, 0.6) is 0 Å². The molecule has 0 aliphatic carbocycles. The second-order valence-corrected chi connectivity index (χ2v) is 8.03. The van der Waals surface area contributed by atoms with Crippen LogP contribution in [-0.2, 0) is 10.8 Å². The van der Waals surface area contributed by atoms with Crippen LogP contribution in [0.1, 0.15) is 12.0 Å². The topological polar surface area (TPSA) is 67.2 Å². The SMILES string of the molecule is Cc1cnn(-c2ccc(NC(=O)N3C[C@@H]4C[C@H]3CS4=O)cc2F)c1. The Morgan fingerprint density at radius 1 is 1.46 bits per heavy atom. The van der Waals surface area contributed by atoms with Crippen LogP contribution in [0.2, 0.25) is 0 Å². The molecule has 2 aliphatic heterocycles. The maximum atomic E-state index is 14.3. The minimum atomic E-state index is -0.812. The highest BCUT2D eigenvalue weighted by atomic mass is 32.2. The van der Waals surface area contributed by atoms with Gasteiger partial charge < -0.3 is 10.2 Å². The average Bonchev–Trinajstić information content (AvgIpc) is 3.22. The number of carbonyl (C=O) groups excluding carboxylic acids is 1. The summed E-state index contributed by atoms with van der Waals surface area (Å²) in [6.45, 7) is 2.39. The molecule has 1 unspecified atom stereocenters. The number of anilines is 1. The molecule has 24 heavy (non-hydrogen) atoms. The van der Waals surface area contributed by atoms with E-state index in [4.69, 9.17) is 0 Å². The summed E-state index contributed by atoms with van der Waals surface area (Å²) in [4.78, 5) is 14.1. The molecule has 8 heteroatoms. The Bertz CT molecular complexity index is 837. The van der Waals surface area contributed by atoms with Gasteiger partial charge in [-0.15, -0.1) is 0 Å². The quantitative estimate of drug-likeness (QED) is 0.903. The lowest BCUT2D eigenvalue weighted by Crippen LogP contribution is -2.44. The van der Waals surface area contributed by atoms with Gasteiger partial charge in [0.15, 0.2) is 5.82 Å². The Morgan fingerprint density at radius 2 is 2.29 bits per heavy atom. The molecule has 126 valence electrons. The fourth-order valence-electron chi connectivity index (χ4n) is 3.31. The van der Waals surface area contributed by atoms with Crippen molar-refractivity contribution in [1.82, 2.24) is 14.7 Å². The molecule has 0 saturated carbocycles. The van der Waals surface area contributed by atoms with Gasteiger partial charge in [-0.05, 0) is 37.1 Å². The Kier molecular flexibility index (Phi) is 3.64. The van der Waals surface area contributed by atoms with Crippen LogP contribution in [0.15, 0.2) is 30.6 Å². The van der Waals surface area contributed by atoms with Crippen molar-refractivity contribution in [2.75, 3.05) is 17.6 Å². The van der Waals surface area contributed by atoms with Crippen LogP contribution in [0.25, 0.3) is 5.69 Å². The Labute approximate surface area is 141 Å². The third-order valence-electron chi connectivity index (χ3n) is 4.52. The number of urea groups is 1. The van der Waals surface area contributed by atoms with Gasteiger partial charge in [-0.3, -0.25) is 4.21 Å². The highest BCUT2D eigenvalue weighted by molar-refractivity contribution is 7.86. The summed E-state index contributed by atoms with van der Waals surface area (Å²) in [5.74, 6) is 0.0873. The summed E-state index contributed by atoms with van der Waals surface area (Å²) in [6.07, 6.45) is 4.19. The fraction of sp³-hybridized carbons (Fsp3) is 0.375. The third kappa shape index (κ3) is 2.60. The first kappa shape index (κ1) is 15.3. The molecular weight excluding hydrogens is 331 g/mol. The van der Waals surface area contributed by atoms with E-state index in [0.717, 1.165) is 12.0 Å². The largest absolute Gasteiger partial charge is 0.322 e. The molecule has 3 atom stereocenters. The van der Waals surface area contributed by atoms with Crippen molar-refractivity contribution < 1.29 is 13.4 Å². The van der Waals surface area contributed by atoms with E-state index in [2.05, 4.69) is 10.4 Å². The Morgan fingerprint density at radius 3 is 2.88 bits per heavy atom. The first-order chi connectivity index (χ1) is 11.5. The number of hydrogen-bond donors (Lipinski definition) is 1. The minimum Gasteiger partial charge on any atom is -0.319 e. The first-order valence-corrected chi connectivity index (χ1v) is 9.15. The fourth-order valence-corrected chi connectivity index (χ4v) is 5.04. The number of aromatic nitrogens is 2. The number of nitrogens with zero attached hydrogens (tertiary/aromatic N) is 3. The van der Waals surface area contributed by atoms with Gasteiger partial charge >= 0.3 is 6.03 Å². The zero-order chi connectivity index (χ0) is 16.8. The van der Waals surface area contributed by atoms with E-state index >= 15 is 0 Å². The molecule has 4 rings (SSSR count). The van der Waals surface area contributed by atoms with E-state index in [1.807, 2.05) is 6.92 Å². The molecule has 6 nitrogen and oxygen atoms in total. The molecule has 0 radical (unpaired) electrons. The standard InChI is InChI=1S/C16H17FN4O2S/c1-10-6-18-21(7-10)15-3-2-11(4-14(15)17)19-16(22)20-8-13-5-12(20)9-24(13)23/h2-4,6-7,12-13H,5,8-9H2,1H3,(H,19,22)/t12-,13-,24?/m0/s1. The van der Waals surface area contributed by atoms with Crippen molar-refractivity contribution in [1.29, 1.82) is 0 Å². The molecule has 1 aromatic heterocycles. The zero-order valence-electron chi connectivity index (χ0n) is 13.1. The predicted octanol–water partition coefficient (Wildman–Crippen LogP) is 2.06. The normalized spacial score (nSPS) is 25.2. The van der Waals surface area contributed by atoms with Crippen molar-refractivity contribution in [3.8, 4) is 5.69 Å². The lowest BCUT2D eigenvalue weighted by atomic mass is 10.2. The summed E-state index contributed by atoms with van der Waals surface area (Å²) in [7, 11) is -0.812. The molecule has 3 heterocycles. The van der Waals surface area contributed by atoms with Crippen LogP contribution in [0.3, 0.4) is 0 Å². The summed E-state index contributed by atoms with van der Waals surface area (Å²) < 4.78 is 27.4. The number of fused-ring (bicyclic) bond motifs is 2. The van der Waals surface area contributed by atoms with Gasteiger partial charge in [0.1, 0.15) is 5.69 Å². The van der Waals surface area contributed by atoms with Gasteiger partial charge in [0.05, 0.1) is 11.4 Å². The molecule has 2 aliphatic rings. The molecule has 1 N–H and O–H groups in total. The van der Waals surface area contributed by atoms with Crippen molar-refractivity contribution in [2.24, 2.45) is 0 Å². The Hall–Kier alpha value is -2.22. The van der Waals surface area contributed by atoms with Gasteiger partial charge in [0, 0.05) is 41.0 Å². The van der Waals surface area contributed by atoms with Crippen molar-refractivity contribution in [3.05, 3.63) is 42.0 Å². The molecule has 1 aromatic carbocycles. The van der Waals surface area contributed by atoms with Crippen molar-refractivity contribution in [3.63, 3.8) is 0 Å². The van der Waals surface area contributed by atoms with Crippen LogP contribution in [0.4, 0.5) is 14.9 Å². The summed E-state index contributed by atoms with van der Waals surface area (Å²) >= 11 is 0.